The molecule has 0 spiro atoms. The number of hydrogen-bond donors (Lipinski definition) is 0. The summed E-state index contributed by atoms with van der Waals surface area (Å²) in [4.78, 5) is 0. The van der Waals surface area contributed by atoms with Crippen LogP contribution in [0.3, 0.4) is 0 Å². The zero-order valence-electron chi connectivity index (χ0n) is 13.5. The fraction of sp³-hybridized carbons (Fsp3) is 1.00. The van der Waals surface area contributed by atoms with Crippen LogP contribution in [-0.2, 0) is 23.3 Å². The summed E-state index contributed by atoms with van der Waals surface area (Å²) in [6.45, 7) is 15.4. The van der Waals surface area contributed by atoms with Gasteiger partial charge in [0.05, 0.1) is 0 Å². The molecular weight excluding hydrogens is 246 g/mol. The number of hydrogen-bond acceptors (Lipinski definition) is 5. The van der Waals surface area contributed by atoms with Gasteiger partial charge in [0.2, 0.25) is 0 Å². The van der Waals surface area contributed by atoms with Crippen molar-refractivity contribution in [1.82, 2.24) is 0 Å². The molecule has 0 amide bonds. The van der Waals surface area contributed by atoms with Gasteiger partial charge in [-0.2, -0.15) is 0 Å². The maximum atomic E-state index is 5.08. The van der Waals surface area contributed by atoms with Crippen LogP contribution in [0.25, 0.3) is 0 Å². The van der Waals surface area contributed by atoms with Crippen LogP contribution in [0.5, 0.6) is 0 Å². The predicted molar refractivity (Wildman–Crippen MR) is 78.8 cm³/mol. The van der Waals surface area contributed by atoms with Gasteiger partial charge in [-0.05, 0) is 48.5 Å². The monoisotopic (exact) mass is 275 g/mol. The van der Waals surface area contributed by atoms with E-state index in [-0.39, 0.29) is 12.2 Å². The van der Waals surface area contributed by atoms with Crippen LogP contribution in [-0.4, -0.2) is 47.0 Å². The highest BCUT2D eigenvalue weighted by molar-refractivity contribution is 6.36. The summed E-state index contributed by atoms with van der Waals surface area (Å²) >= 11 is 0. The minimum absolute atomic E-state index is 0.212. The second-order valence-corrected chi connectivity index (χ2v) is 4.12. The fourth-order valence-corrected chi connectivity index (χ4v) is 0.807. The molecule has 113 valence electrons. The van der Waals surface area contributed by atoms with E-state index in [2.05, 4.69) is 0 Å². The Labute approximate surface area is 119 Å². The highest BCUT2D eigenvalue weighted by Crippen LogP contribution is 1.91. The average Bonchev–Trinajstić information content (AvgIpc) is 2.30. The van der Waals surface area contributed by atoms with Gasteiger partial charge in [-0.25, -0.2) is 0 Å². The summed E-state index contributed by atoms with van der Waals surface area (Å²) in [6, 6.07) is 0. The first-order chi connectivity index (χ1) is 8.97. The van der Waals surface area contributed by atoms with Gasteiger partial charge in [0.25, 0.3) is 0 Å². The molecule has 0 fully saturated rings. The first-order valence-electron chi connectivity index (χ1n) is 6.95. The van der Waals surface area contributed by atoms with Gasteiger partial charge in [0, 0.05) is 32.0 Å². The molecule has 0 aromatic rings. The molecule has 1 radical (unpaired) electrons. The van der Waals surface area contributed by atoms with Gasteiger partial charge in [-0.15, -0.1) is 0 Å². The molecule has 0 atom stereocenters. The minimum atomic E-state index is -0.472. The van der Waals surface area contributed by atoms with E-state index in [0.29, 0.717) is 19.8 Å². The third kappa shape index (κ3) is 20.4. The summed E-state index contributed by atoms with van der Waals surface area (Å²) in [5.41, 5.74) is 0. The molecule has 19 heavy (non-hydrogen) atoms. The first-order valence-corrected chi connectivity index (χ1v) is 6.95. The standard InChI is InChI=1S/C6H15BO3.C6H14BO2/c1-4-8-7(9-5-2)10-6-3;1-5(2)8-7-9-6(3)4/h4-6H2,1-3H3;5-6H,1-4H3. The zero-order valence-corrected chi connectivity index (χ0v) is 13.5. The second kappa shape index (κ2) is 16.0. The van der Waals surface area contributed by atoms with E-state index in [0.717, 1.165) is 0 Å². The van der Waals surface area contributed by atoms with Gasteiger partial charge in [0.15, 0.2) is 0 Å². The zero-order chi connectivity index (χ0) is 15.1. The van der Waals surface area contributed by atoms with Crippen molar-refractivity contribution in [2.45, 2.75) is 60.7 Å². The van der Waals surface area contributed by atoms with E-state index in [4.69, 9.17) is 23.3 Å². The molecule has 0 N–H and O–H groups in total. The summed E-state index contributed by atoms with van der Waals surface area (Å²) in [5, 5.41) is 0. The molecule has 0 aliphatic heterocycles. The lowest BCUT2D eigenvalue weighted by Crippen LogP contribution is -2.27. The van der Waals surface area contributed by atoms with Crippen molar-refractivity contribution in [3.63, 3.8) is 0 Å². The van der Waals surface area contributed by atoms with Gasteiger partial charge in [-0.1, -0.05) is 0 Å². The molecule has 0 aromatic carbocycles. The Morgan fingerprint density at radius 1 is 0.737 bits per heavy atom. The Balaban J connectivity index is 0. The van der Waals surface area contributed by atoms with Gasteiger partial charge >= 0.3 is 15.0 Å². The van der Waals surface area contributed by atoms with Gasteiger partial charge in [0.1, 0.15) is 0 Å². The van der Waals surface area contributed by atoms with Crippen LogP contribution >= 0.6 is 0 Å². The maximum absolute atomic E-state index is 5.08. The second-order valence-electron chi connectivity index (χ2n) is 4.12. The Bertz CT molecular complexity index is 148. The Morgan fingerprint density at radius 3 is 1.26 bits per heavy atom. The lowest BCUT2D eigenvalue weighted by molar-refractivity contribution is 0.107. The highest BCUT2D eigenvalue weighted by atomic mass is 16.7. The van der Waals surface area contributed by atoms with Crippen molar-refractivity contribution in [3.8, 4) is 0 Å². The molecule has 7 heteroatoms. The minimum Gasteiger partial charge on any atom is -0.411 e. The summed E-state index contributed by atoms with van der Waals surface area (Å²) in [7, 11) is 0.926. The molecule has 0 aromatic heterocycles. The highest BCUT2D eigenvalue weighted by Gasteiger charge is 2.17. The van der Waals surface area contributed by atoms with Crippen LogP contribution in [0.4, 0.5) is 0 Å². The quantitative estimate of drug-likeness (QED) is 0.573. The summed E-state index contributed by atoms with van der Waals surface area (Å²) in [5.74, 6) is 0. The van der Waals surface area contributed by atoms with Crippen LogP contribution in [0, 0.1) is 0 Å². The average molecular weight is 275 g/mol. The van der Waals surface area contributed by atoms with Crippen LogP contribution in [0.1, 0.15) is 48.5 Å². The molecule has 0 saturated heterocycles. The third-order valence-electron chi connectivity index (χ3n) is 1.56. The van der Waals surface area contributed by atoms with E-state index in [9.17, 15) is 0 Å². The van der Waals surface area contributed by atoms with Crippen molar-refractivity contribution in [2.24, 2.45) is 0 Å². The smallest absolute Gasteiger partial charge is 0.411 e. The maximum Gasteiger partial charge on any atom is 0.639 e. The molecule has 0 rings (SSSR count). The Kier molecular flexibility index (Phi) is 17.9. The molecular formula is C12H29B2O5. The van der Waals surface area contributed by atoms with Crippen molar-refractivity contribution in [1.29, 1.82) is 0 Å². The Morgan fingerprint density at radius 2 is 1.05 bits per heavy atom. The summed E-state index contributed by atoms with van der Waals surface area (Å²) in [6.07, 6.45) is 0.424. The summed E-state index contributed by atoms with van der Waals surface area (Å²) < 4.78 is 25.2. The fourth-order valence-electron chi connectivity index (χ4n) is 0.807. The van der Waals surface area contributed by atoms with Gasteiger partial charge in [-0.3, -0.25) is 0 Å². The molecule has 0 aliphatic carbocycles. The van der Waals surface area contributed by atoms with E-state index in [1.807, 2.05) is 48.5 Å². The molecule has 5 nitrogen and oxygen atoms in total. The van der Waals surface area contributed by atoms with E-state index < -0.39 is 7.32 Å². The van der Waals surface area contributed by atoms with E-state index in [1.54, 1.807) is 0 Å². The van der Waals surface area contributed by atoms with Crippen molar-refractivity contribution < 1.29 is 23.3 Å². The molecule has 0 unspecified atom stereocenters. The van der Waals surface area contributed by atoms with Crippen LogP contribution < -0.4 is 0 Å². The lowest BCUT2D eigenvalue weighted by atomic mass is 10.2. The topological polar surface area (TPSA) is 46.2 Å². The van der Waals surface area contributed by atoms with Crippen molar-refractivity contribution in [2.75, 3.05) is 19.8 Å². The molecule has 0 heterocycles. The van der Waals surface area contributed by atoms with E-state index >= 15 is 0 Å². The number of rotatable bonds is 10. The van der Waals surface area contributed by atoms with Gasteiger partial charge < -0.3 is 23.3 Å². The third-order valence-corrected chi connectivity index (χ3v) is 1.56. The van der Waals surface area contributed by atoms with E-state index in [1.165, 1.54) is 7.69 Å². The SMILES string of the molecule is CC(C)O[B]OC(C)C.CCOB(OCC)OCC. The molecule has 0 saturated carbocycles. The predicted octanol–water partition coefficient (Wildman–Crippen LogP) is 2.45. The van der Waals surface area contributed by atoms with Crippen molar-refractivity contribution in [3.05, 3.63) is 0 Å². The normalized spacial score (nSPS) is 10.4. The van der Waals surface area contributed by atoms with Crippen LogP contribution in [0.15, 0.2) is 0 Å². The lowest BCUT2D eigenvalue weighted by Gasteiger charge is -2.09. The van der Waals surface area contributed by atoms with Crippen molar-refractivity contribution >= 4 is 15.0 Å². The van der Waals surface area contributed by atoms with Crippen LogP contribution in [0.2, 0.25) is 0 Å². The molecule has 0 aliphatic rings. The largest absolute Gasteiger partial charge is 0.639 e. The first kappa shape index (κ1) is 21.2. The Hall–Kier alpha value is -0.0701. The molecule has 0 bridgehead atoms.